The van der Waals surface area contributed by atoms with Crippen molar-refractivity contribution in [2.45, 2.75) is 25.8 Å². The minimum atomic E-state index is -0.262. The molecule has 1 saturated carbocycles. The standard InChI is InChI=1S/C19H26FN3O2/c20-15-1-2-17(23-7-9-25-10-8-23)14(11-15)13-22-18(24)16-12-19(16)3-5-21-6-4-19/h1-2,11,16,21H,3-10,12-13H2,(H,22,24). The van der Waals surface area contributed by atoms with E-state index in [1.165, 1.54) is 12.1 Å². The molecule has 2 saturated heterocycles. The van der Waals surface area contributed by atoms with E-state index in [0.29, 0.717) is 19.8 Å². The van der Waals surface area contributed by atoms with Crippen molar-refractivity contribution >= 4 is 11.6 Å². The Hall–Kier alpha value is -1.66. The van der Waals surface area contributed by atoms with Gasteiger partial charge in [0.05, 0.1) is 13.2 Å². The molecule has 1 aromatic rings. The smallest absolute Gasteiger partial charge is 0.223 e. The average Bonchev–Trinajstić information content (AvgIpc) is 3.34. The third-order valence-electron chi connectivity index (χ3n) is 5.95. The normalized spacial score (nSPS) is 25.0. The molecule has 3 fully saturated rings. The zero-order valence-corrected chi connectivity index (χ0v) is 14.5. The first-order valence-electron chi connectivity index (χ1n) is 9.28. The molecule has 1 spiro atoms. The number of carbonyl (C=O) groups excluding carboxylic acids is 1. The highest BCUT2D eigenvalue weighted by molar-refractivity contribution is 5.82. The van der Waals surface area contributed by atoms with Gasteiger partial charge < -0.3 is 20.3 Å². The number of ether oxygens (including phenoxy) is 1. The minimum absolute atomic E-state index is 0.124. The van der Waals surface area contributed by atoms with Gasteiger partial charge in [0.2, 0.25) is 5.91 Å². The van der Waals surface area contributed by atoms with Gasteiger partial charge in [-0.15, -0.1) is 0 Å². The van der Waals surface area contributed by atoms with Gasteiger partial charge in [-0.1, -0.05) is 0 Å². The van der Waals surface area contributed by atoms with E-state index in [1.54, 1.807) is 0 Å². The van der Waals surface area contributed by atoms with Crippen molar-refractivity contribution in [2.75, 3.05) is 44.3 Å². The van der Waals surface area contributed by atoms with Crippen LogP contribution < -0.4 is 15.5 Å². The topological polar surface area (TPSA) is 53.6 Å². The Morgan fingerprint density at radius 2 is 2.08 bits per heavy atom. The first-order valence-corrected chi connectivity index (χ1v) is 9.28. The van der Waals surface area contributed by atoms with Crippen LogP contribution in [0.25, 0.3) is 0 Å². The number of nitrogens with zero attached hydrogens (tertiary/aromatic N) is 1. The number of amides is 1. The largest absolute Gasteiger partial charge is 0.378 e. The second-order valence-electron chi connectivity index (χ2n) is 7.46. The number of hydrogen-bond donors (Lipinski definition) is 2. The third-order valence-corrected chi connectivity index (χ3v) is 5.95. The first-order chi connectivity index (χ1) is 12.2. The molecule has 1 amide bonds. The van der Waals surface area contributed by atoms with Crippen LogP contribution in [0.5, 0.6) is 0 Å². The van der Waals surface area contributed by atoms with E-state index in [2.05, 4.69) is 15.5 Å². The number of morpholine rings is 1. The lowest BCUT2D eigenvalue weighted by Crippen LogP contribution is -2.37. The van der Waals surface area contributed by atoms with Crippen LogP contribution in [0, 0.1) is 17.2 Å². The van der Waals surface area contributed by atoms with E-state index in [9.17, 15) is 9.18 Å². The number of nitrogens with one attached hydrogen (secondary N) is 2. The molecule has 1 unspecified atom stereocenters. The maximum atomic E-state index is 13.7. The molecule has 136 valence electrons. The second-order valence-corrected chi connectivity index (χ2v) is 7.46. The molecule has 5 nitrogen and oxygen atoms in total. The fraction of sp³-hybridized carbons (Fsp3) is 0.632. The van der Waals surface area contributed by atoms with Gasteiger partial charge in [0.15, 0.2) is 0 Å². The number of rotatable bonds is 4. The van der Waals surface area contributed by atoms with Crippen LogP contribution in [0.15, 0.2) is 18.2 Å². The molecule has 0 aromatic heterocycles. The molecule has 3 aliphatic rings. The van der Waals surface area contributed by atoms with Gasteiger partial charge in [-0.25, -0.2) is 4.39 Å². The molecule has 2 heterocycles. The SMILES string of the molecule is O=C(NCc1cc(F)ccc1N1CCOCC1)C1CC12CCNCC2. The molecule has 25 heavy (non-hydrogen) atoms. The highest BCUT2D eigenvalue weighted by Crippen LogP contribution is 2.58. The molecule has 1 aromatic carbocycles. The van der Waals surface area contributed by atoms with Gasteiger partial charge in [0.25, 0.3) is 0 Å². The summed E-state index contributed by atoms with van der Waals surface area (Å²) in [4.78, 5) is 14.8. The lowest BCUT2D eigenvalue weighted by molar-refractivity contribution is -0.123. The third kappa shape index (κ3) is 3.51. The van der Waals surface area contributed by atoms with Gasteiger partial charge >= 0.3 is 0 Å². The average molecular weight is 347 g/mol. The monoisotopic (exact) mass is 347 g/mol. The van der Waals surface area contributed by atoms with Crippen LogP contribution >= 0.6 is 0 Å². The zero-order valence-electron chi connectivity index (χ0n) is 14.5. The summed E-state index contributed by atoms with van der Waals surface area (Å²) in [7, 11) is 0. The summed E-state index contributed by atoms with van der Waals surface area (Å²) in [6, 6.07) is 4.84. The Kier molecular flexibility index (Phi) is 4.65. The Morgan fingerprint density at radius 1 is 1.32 bits per heavy atom. The summed E-state index contributed by atoms with van der Waals surface area (Å²) < 4.78 is 19.1. The fourth-order valence-corrected chi connectivity index (χ4v) is 4.31. The van der Waals surface area contributed by atoms with E-state index in [4.69, 9.17) is 4.74 Å². The van der Waals surface area contributed by atoms with Crippen molar-refractivity contribution in [3.8, 4) is 0 Å². The maximum Gasteiger partial charge on any atom is 0.223 e. The Balaban J connectivity index is 1.40. The van der Waals surface area contributed by atoms with Gasteiger partial charge in [-0.2, -0.15) is 0 Å². The summed E-state index contributed by atoms with van der Waals surface area (Å²) in [6.07, 6.45) is 3.17. The molecular formula is C19H26FN3O2. The van der Waals surface area contributed by atoms with Gasteiger partial charge in [-0.05, 0) is 61.5 Å². The van der Waals surface area contributed by atoms with Crippen molar-refractivity contribution in [1.29, 1.82) is 0 Å². The lowest BCUT2D eigenvalue weighted by atomic mass is 9.92. The number of benzene rings is 1. The van der Waals surface area contributed by atoms with Crippen molar-refractivity contribution in [3.63, 3.8) is 0 Å². The zero-order chi connectivity index (χ0) is 17.3. The lowest BCUT2D eigenvalue weighted by Gasteiger charge is -2.30. The van der Waals surface area contributed by atoms with Crippen LogP contribution in [0.1, 0.15) is 24.8 Å². The predicted octanol–water partition coefficient (Wildman–Crippen LogP) is 1.67. The molecule has 2 aliphatic heterocycles. The summed E-state index contributed by atoms with van der Waals surface area (Å²) in [6.45, 7) is 5.36. The summed E-state index contributed by atoms with van der Waals surface area (Å²) >= 11 is 0. The van der Waals surface area contributed by atoms with Crippen LogP contribution in [0.3, 0.4) is 0 Å². The maximum absolute atomic E-state index is 13.7. The minimum Gasteiger partial charge on any atom is -0.378 e. The highest BCUT2D eigenvalue weighted by Gasteiger charge is 2.57. The van der Waals surface area contributed by atoms with Crippen LogP contribution in [0.2, 0.25) is 0 Å². The molecule has 1 aliphatic carbocycles. The quantitative estimate of drug-likeness (QED) is 0.870. The molecular weight excluding hydrogens is 321 g/mol. The molecule has 0 radical (unpaired) electrons. The highest BCUT2D eigenvalue weighted by atomic mass is 19.1. The number of hydrogen-bond acceptors (Lipinski definition) is 4. The van der Waals surface area contributed by atoms with E-state index in [0.717, 1.165) is 56.7 Å². The summed E-state index contributed by atoms with van der Waals surface area (Å²) in [5.41, 5.74) is 2.07. The van der Waals surface area contributed by atoms with Crippen LogP contribution in [-0.2, 0) is 16.1 Å². The Morgan fingerprint density at radius 3 is 2.84 bits per heavy atom. The second kappa shape index (κ2) is 6.92. The van der Waals surface area contributed by atoms with Crippen molar-refractivity contribution in [2.24, 2.45) is 11.3 Å². The summed E-state index contributed by atoms with van der Waals surface area (Å²) in [5.74, 6) is -0.00316. The van der Waals surface area contributed by atoms with E-state index >= 15 is 0 Å². The fourth-order valence-electron chi connectivity index (χ4n) is 4.31. The van der Waals surface area contributed by atoms with Crippen molar-refractivity contribution < 1.29 is 13.9 Å². The van der Waals surface area contributed by atoms with Gasteiger partial charge in [0.1, 0.15) is 5.82 Å². The van der Waals surface area contributed by atoms with E-state index in [1.807, 2.05) is 6.07 Å². The number of halogens is 1. The van der Waals surface area contributed by atoms with Crippen LogP contribution in [0.4, 0.5) is 10.1 Å². The van der Waals surface area contributed by atoms with Crippen molar-refractivity contribution in [3.05, 3.63) is 29.6 Å². The molecule has 1 atom stereocenters. The Bertz CT molecular complexity index is 640. The predicted molar refractivity (Wildman–Crippen MR) is 93.9 cm³/mol. The number of piperidine rings is 1. The summed E-state index contributed by atoms with van der Waals surface area (Å²) in [5, 5.41) is 6.41. The molecule has 6 heteroatoms. The van der Waals surface area contributed by atoms with Crippen molar-refractivity contribution in [1.82, 2.24) is 10.6 Å². The Labute approximate surface area is 147 Å². The molecule has 2 N–H and O–H groups in total. The van der Waals surface area contributed by atoms with E-state index in [-0.39, 0.29) is 23.1 Å². The van der Waals surface area contributed by atoms with Crippen LogP contribution in [-0.4, -0.2) is 45.3 Å². The molecule has 0 bridgehead atoms. The van der Waals surface area contributed by atoms with Gasteiger partial charge in [0, 0.05) is 31.2 Å². The van der Waals surface area contributed by atoms with E-state index < -0.39 is 0 Å². The first kappa shape index (κ1) is 16.8. The number of carbonyl (C=O) groups is 1. The number of anilines is 1. The molecule has 4 rings (SSSR count). The van der Waals surface area contributed by atoms with Gasteiger partial charge in [-0.3, -0.25) is 4.79 Å².